The molecule has 1 amide bonds. The molecule has 0 radical (unpaired) electrons. The Morgan fingerprint density at radius 1 is 1.18 bits per heavy atom. The van der Waals surface area contributed by atoms with Crippen LogP contribution in [-0.4, -0.2) is 25.0 Å². The van der Waals surface area contributed by atoms with E-state index in [0.29, 0.717) is 18.5 Å². The Hall–Kier alpha value is -0.570. The fraction of sp³-hybridized carbons (Fsp3) is 0.929. The molecular weight excluding hydrogens is 212 g/mol. The molecule has 2 unspecified atom stereocenters. The van der Waals surface area contributed by atoms with Gasteiger partial charge in [0.05, 0.1) is 6.54 Å². The maximum Gasteiger partial charge on any atom is 0.233 e. The molecule has 0 aromatic carbocycles. The Morgan fingerprint density at radius 2 is 1.88 bits per heavy atom. The molecule has 0 spiro atoms. The van der Waals surface area contributed by atoms with Crippen molar-refractivity contribution in [1.29, 1.82) is 0 Å². The molecule has 0 heterocycles. The number of unbranched alkanes of at least 4 members (excludes halogenated alkanes) is 1. The third kappa shape index (κ3) is 9.16. The van der Waals surface area contributed by atoms with Crippen LogP contribution in [0.15, 0.2) is 0 Å². The van der Waals surface area contributed by atoms with E-state index < -0.39 is 0 Å². The normalized spacial score (nSPS) is 14.4. The van der Waals surface area contributed by atoms with Crippen molar-refractivity contribution in [3.63, 3.8) is 0 Å². The van der Waals surface area contributed by atoms with Crippen LogP contribution in [0, 0.1) is 5.92 Å². The predicted molar refractivity (Wildman–Crippen MR) is 74.1 cm³/mol. The third-order valence-corrected chi connectivity index (χ3v) is 3.35. The smallest absolute Gasteiger partial charge is 0.233 e. The molecule has 0 rings (SSSR count). The second-order valence-corrected chi connectivity index (χ2v) is 4.91. The number of carbonyl (C=O) groups is 1. The minimum atomic E-state index is 0.125. The summed E-state index contributed by atoms with van der Waals surface area (Å²) in [5.74, 6) is 0.766. The van der Waals surface area contributed by atoms with Crippen molar-refractivity contribution in [1.82, 2.24) is 10.6 Å². The van der Waals surface area contributed by atoms with Crippen LogP contribution in [0.2, 0.25) is 0 Å². The quantitative estimate of drug-likeness (QED) is 0.618. The fourth-order valence-corrected chi connectivity index (χ4v) is 1.68. The van der Waals surface area contributed by atoms with Gasteiger partial charge in [0, 0.05) is 12.6 Å². The molecule has 0 saturated carbocycles. The van der Waals surface area contributed by atoms with Crippen molar-refractivity contribution in [3.8, 4) is 0 Å². The highest BCUT2D eigenvalue weighted by molar-refractivity contribution is 5.77. The summed E-state index contributed by atoms with van der Waals surface area (Å²) in [6.07, 6.45) is 5.94. The average Bonchev–Trinajstić information content (AvgIpc) is 2.36. The van der Waals surface area contributed by atoms with Crippen molar-refractivity contribution in [2.75, 3.05) is 13.1 Å². The van der Waals surface area contributed by atoms with Crippen molar-refractivity contribution in [2.45, 2.75) is 65.8 Å². The summed E-state index contributed by atoms with van der Waals surface area (Å²) in [5, 5.41) is 6.23. The number of carbonyl (C=O) groups excluding carboxylic acids is 1. The summed E-state index contributed by atoms with van der Waals surface area (Å²) in [7, 11) is 0. The number of nitrogens with one attached hydrogen (secondary N) is 2. The summed E-state index contributed by atoms with van der Waals surface area (Å²) in [5.41, 5.74) is 0. The molecule has 0 bridgehead atoms. The summed E-state index contributed by atoms with van der Waals surface area (Å²) >= 11 is 0. The lowest BCUT2D eigenvalue weighted by molar-refractivity contribution is -0.120. The van der Waals surface area contributed by atoms with Gasteiger partial charge >= 0.3 is 0 Å². The first-order chi connectivity index (χ1) is 8.13. The number of amides is 1. The molecule has 0 aliphatic carbocycles. The molecule has 0 aromatic rings. The molecule has 17 heavy (non-hydrogen) atoms. The first-order valence-electron chi connectivity index (χ1n) is 7.14. The van der Waals surface area contributed by atoms with Gasteiger partial charge in [-0.05, 0) is 25.7 Å². The number of rotatable bonds is 10. The van der Waals surface area contributed by atoms with Gasteiger partial charge in [-0.25, -0.2) is 0 Å². The molecule has 0 fully saturated rings. The van der Waals surface area contributed by atoms with Gasteiger partial charge < -0.3 is 10.6 Å². The van der Waals surface area contributed by atoms with Crippen LogP contribution in [0.3, 0.4) is 0 Å². The molecular formula is C14H30N2O. The number of hydrogen-bond acceptors (Lipinski definition) is 2. The molecule has 3 heteroatoms. The zero-order valence-corrected chi connectivity index (χ0v) is 12.0. The van der Waals surface area contributed by atoms with E-state index in [2.05, 4.69) is 38.3 Å². The zero-order valence-electron chi connectivity index (χ0n) is 12.0. The van der Waals surface area contributed by atoms with Crippen molar-refractivity contribution < 1.29 is 4.79 Å². The van der Waals surface area contributed by atoms with Crippen molar-refractivity contribution in [3.05, 3.63) is 0 Å². The number of hydrogen-bond donors (Lipinski definition) is 2. The highest BCUT2D eigenvalue weighted by Crippen LogP contribution is 2.10. The van der Waals surface area contributed by atoms with Crippen LogP contribution in [0.5, 0.6) is 0 Å². The van der Waals surface area contributed by atoms with Gasteiger partial charge in [-0.15, -0.1) is 0 Å². The topological polar surface area (TPSA) is 41.1 Å². The highest BCUT2D eigenvalue weighted by Gasteiger charge is 2.08. The van der Waals surface area contributed by atoms with E-state index in [1.807, 2.05) is 0 Å². The maximum absolute atomic E-state index is 11.6. The molecule has 0 saturated heterocycles. The van der Waals surface area contributed by atoms with Crippen LogP contribution in [0.25, 0.3) is 0 Å². The second kappa shape index (κ2) is 10.6. The van der Waals surface area contributed by atoms with Crippen LogP contribution in [-0.2, 0) is 4.79 Å². The standard InChI is InChI=1S/C14H30N2O/c1-5-8-9-13(7-3)10-16-14(17)11-15-12(4)6-2/h12-13,15H,5-11H2,1-4H3,(H,16,17). The van der Waals surface area contributed by atoms with E-state index in [1.165, 1.54) is 19.3 Å². The monoisotopic (exact) mass is 242 g/mol. The first kappa shape index (κ1) is 16.4. The second-order valence-electron chi connectivity index (χ2n) is 4.91. The van der Waals surface area contributed by atoms with E-state index in [0.717, 1.165) is 19.4 Å². The van der Waals surface area contributed by atoms with E-state index in [1.54, 1.807) is 0 Å². The van der Waals surface area contributed by atoms with Crippen molar-refractivity contribution >= 4 is 5.91 Å². The molecule has 0 aliphatic heterocycles. The van der Waals surface area contributed by atoms with Gasteiger partial charge in [-0.3, -0.25) is 4.79 Å². The summed E-state index contributed by atoms with van der Waals surface area (Å²) in [4.78, 5) is 11.6. The lowest BCUT2D eigenvalue weighted by Crippen LogP contribution is -2.39. The molecule has 2 atom stereocenters. The van der Waals surface area contributed by atoms with Gasteiger partial charge in [0.15, 0.2) is 0 Å². The minimum absolute atomic E-state index is 0.125. The van der Waals surface area contributed by atoms with Crippen molar-refractivity contribution in [2.24, 2.45) is 5.92 Å². The SMILES string of the molecule is CCCCC(CC)CNC(=O)CNC(C)CC. The summed E-state index contributed by atoms with van der Waals surface area (Å²) in [6, 6.07) is 0.419. The largest absolute Gasteiger partial charge is 0.355 e. The Kier molecular flexibility index (Phi) is 10.2. The predicted octanol–water partition coefficient (Wildman–Crippen LogP) is 2.71. The average molecular weight is 242 g/mol. The highest BCUT2D eigenvalue weighted by atomic mass is 16.1. The lowest BCUT2D eigenvalue weighted by Gasteiger charge is -2.16. The van der Waals surface area contributed by atoms with Crippen LogP contribution in [0.4, 0.5) is 0 Å². The lowest BCUT2D eigenvalue weighted by atomic mass is 9.99. The molecule has 0 aromatic heterocycles. The van der Waals surface area contributed by atoms with E-state index in [9.17, 15) is 4.79 Å². The molecule has 3 nitrogen and oxygen atoms in total. The van der Waals surface area contributed by atoms with Gasteiger partial charge in [0.2, 0.25) is 5.91 Å². The minimum Gasteiger partial charge on any atom is -0.355 e. The van der Waals surface area contributed by atoms with E-state index in [-0.39, 0.29) is 5.91 Å². The molecule has 102 valence electrons. The van der Waals surface area contributed by atoms with Gasteiger partial charge in [-0.1, -0.05) is 40.0 Å². The van der Waals surface area contributed by atoms with Crippen LogP contribution in [0.1, 0.15) is 59.8 Å². The Balaban J connectivity index is 3.65. The molecule has 0 aliphatic rings. The third-order valence-electron chi connectivity index (χ3n) is 3.35. The zero-order chi connectivity index (χ0) is 13.1. The Bertz CT molecular complexity index is 195. The maximum atomic E-state index is 11.6. The molecule has 2 N–H and O–H groups in total. The first-order valence-corrected chi connectivity index (χ1v) is 7.14. The van der Waals surface area contributed by atoms with Gasteiger partial charge in [0.25, 0.3) is 0 Å². The van der Waals surface area contributed by atoms with Gasteiger partial charge in [0.1, 0.15) is 0 Å². The summed E-state index contributed by atoms with van der Waals surface area (Å²) < 4.78 is 0. The fourth-order valence-electron chi connectivity index (χ4n) is 1.68. The van der Waals surface area contributed by atoms with Gasteiger partial charge in [-0.2, -0.15) is 0 Å². The van der Waals surface area contributed by atoms with Crippen LogP contribution >= 0.6 is 0 Å². The summed E-state index contributed by atoms with van der Waals surface area (Å²) in [6.45, 7) is 9.90. The van der Waals surface area contributed by atoms with Crippen LogP contribution < -0.4 is 10.6 Å². The van der Waals surface area contributed by atoms with E-state index in [4.69, 9.17) is 0 Å². The Labute approximate surface area is 107 Å². The van der Waals surface area contributed by atoms with E-state index >= 15 is 0 Å². The Morgan fingerprint density at radius 3 is 2.41 bits per heavy atom.